The summed E-state index contributed by atoms with van der Waals surface area (Å²) >= 11 is 5.72. The smallest absolute Gasteiger partial charge is 0.337 e. The molecule has 0 aliphatic heterocycles. The predicted octanol–water partition coefficient (Wildman–Crippen LogP) is 3.24. The van der Waals surface area contributed by atoms with E-state index in [0.717, 1.165) is 0 Å². The summed E-state index contributed by atoms with van der Waals surface area (Å²) in [6, 6.07) is 6.95. The van der Waals surface area contributed by atoms with Crippen LogP contribution in [0, 0.1) is 5.82 Å². The fourth-order valence-electron chi connectivity index (χ4n) is 1.47. The second-order valence-electron chi connectivity index (χ2n) is 3.36. The molecule has 0 spiro atoms. The summed E-state index contributed by atoms with van der Waals surface area (Å²) in [5, 5.41) is 9.20. The van der Waals surface area contributed by atoms with Gasteiger partial charge in [0, 0.05) is 11.8 Å². The summed E-state index contributed by atoms with van der Waals surface area (Å²) < 4.78 is 12.8. The molecule has 3 nitrogen and oxygen atoms in total. The predicted molar refractivity (Wildman–Crippen MR) is 61.6 cm³/mol. The van der Waals surface area contributed by atoms with E-state index >= 15 is 0 Å². The lowest BCUT2D eigenvalue weighted by Crippen LogP contribution is -2.00. The van der Waals surface area contributed by atoms with Crippen molar-refractivity contribution in [1.29, 1.82) is 0 Å². The van der Waals surface area contributed by atoms with Gasteiger partial charge in [-0.05, 0) is 23.8 Å². The average molecular weight is 252 g/mol. The molecule has 0 atom stereocenters. The molecule has 86 valence electrons. The van der Waals surface area contributed by atoms with E-state index in [-0.39, 0.29) is 16.5 Å². The van der Waals surface area contributed by atoms with Crippen molar-refractivity contribution in [1.82, 2.24) is 4.98 Å². The van der Waals surface area contributed by atoms with Gasteiger partial charge in [-0.2, -0.15) is 0 Å². The van der Waals surface area contributed by atoms with E-state index in [1.807, 2.05) is 0 Å². The number of halogens is 2. The molecule has 0 radical (unpaired) electrons. The SMILES string of the molecule is O=C(O)c1cnc(Cl)cc1-c1ccc(F)cc1. The lowest BCUT2D eigenvalue weighted by molar-refractivity contribution is 0.0697. The molecule has 0 amide bonds. The van der Waals surface area contributed by atoms with Crippen LogP contribution in [0.1, 0.15) is 10.4 Å². The van der Waals surface area contributed by atoms with Gasteiger partial charge in [0.1, 0.15) is 11.0 Å². The number of hydrogen-bond acceptors (Lipinski definition) is 2. The minimum absolute atomic E-state index is 0.0287. The maximum atomic E-state index is 12.8. The van der Waals surface area contributed by atoms with Crippen molar-refractivity contribution in [3.63, 3.8) is 0 Å². The van der Waals surface area contributed by atoms with Crippen molar-refractivity contribution < 1.29 is 14.3 Å². The third-order valence-corrected chi connectivity index (χ3v) is 2.46. The first-order valence-electron chi connectivity index (χ1n) is 4.72. The van der Waals surface area contributed by atoms with Gasteiger partial charge in [0.25, 0.3) is 0 Å². The molecule has 2 rings (SSSR count). The minimum Gasteiger partial charge on any atom is -0.478 e. The van der Waals surface area contributed by atoms with E-state index in [0.29, 0.717) is 11.1 Å². The number of nitrogens with zero attached hydrogens (tertiary/aromatic N) is 1. The molecule has 0 unspecified atom stereocenters. The van der Waals surface area contributed by atoms with Crippen molar-refractivity contribution in [2.24, 2.45) is 0 Å². The minimum atomic E-state index is -1.10. The maximum Gasteiger partial charge on any atom is 0.337 e. The quantitative estimate of drug-likeness (QED) is 0.834. The number of carboxylic acids is 1. The van der Waals surface area contributed by atoms with Gasteiger partial charge in [-0.3, -0.25) is 0 Å². The summed E-state index contributed by atoms with van der Waals surface area (Å²) in [7, 11) is 0. The van der Waals surface area contributed by atoms with E-state index < -0.39 is 5.97 Å². The summed E-state index contributed by atoms with van der Waals surface area (Å²) in [5.74, 6) is -1.49. The molecule has 2 aromatic rings. The second kappa shape index (κ2) is 4.51. The molecule has 0 aliphatic carbocycles. The number of aromatic nitrogens is 1. The Morgan fingerprint density at radius 2 is 1.94 bits per heavy atom. The largest absolute Gasteiger partial charge is 0.478 e. The third kappa shape index (κ3) is 2.42. The van der Waals surface area contributed by atoms with Crippen LogP contribution in [0.2, 0.25) is 5.15 Å². The number of carboxylic acid groups (broad SMARTS) is 1. The molecule has 17 heavy (non-hydrogen) atoms. The van der Waals surface area contributed by atoms with Gasteiger partial charge in [0.2, 0.25) is 0 Å². The van der Waals surface area contributed by atoms with Crippen LogP contribution in [0.3, 0.4) is 0 Å². The van der Waals surface area contributed by atoms with E-state index in [2.05, 4.69) is 4.98 Å². The molecule has 0 aliphatic rings. The Morgan fingerprint density at radius 1 is 1.29 bits per heavy atom. The van der Waals surface area contributed by atoms with Gasteiger partial charge in [-0.1, -0.05) is 23.7 Å². The molecule has 0 bridgehead atoms. The summed E-state index contributed by atoms with van der Waals surface area (Å²) in [6.45, 7) is 0. The van der Waals surface area contributed by atoms with Crippen molar-refractivity contribution in [2.75, 3.05) is 0 Å². The second-order valence-corrected chi connectivity index (χ2v) is 3.75. The van der Waals surface area contributed by atoms with Crippen molar-refractivity contribution >= 4 is 17.6 Å². The lowest BCUT2D eigenvalue weighted by Gasteiger charge is -2.06. The Balaban J connectivity index is 2.60. The number of rotatable bonds is 2. The van der Waals surface area contributed by atoms with E-state index in [1.165, 1.54) is 36.5 Å². The molecular weight excluding hydrogens is 245 g/mol. The van der Waals surface area contributed by atoms with Crippen LogP contribution in [0.4, 0.5) is 4.39 Å². The van der Waals surface area contributed by atoms with E-state index in [1.54, 1.807) is 0 Å². The Labute approximate surface area is 101 Å². The molecule has 0 fully saturated rings. The van der Waals surface area contributed by atoms with Gasteiger partial charge in [0.15, 0.2) is 0 Å². The van der Waals surface area contributed by atoms with Crippen LogP contribution in [0.5, 0.6) is 0 Å². The van der Waals surface area contributed by atoms with Gasteiger partial charge >= 0.3 is 5.97 Å². The highest BCUT2D eigenvalue weighted by Crippen LogP contribution is 2.25. The zero-order valence-corrected chi connectivity index (χ0v) is 9.28. The fourth-order valence-corrected chi connectivity index (χ4v) is 1.63. The molecule has 1 aromatic carbocycles. The first kappa shape index (κ1) is 11.5. The van der Waals surface area contributed by atoms with Crippen molar-refractivity contribution in [3.05, 3.63) is 53.1 Å². The monoisotopic (exact) mass is 251 g/mol. The van der Waals surface area contributed by atoms with Crippen LogP contribution in [-0.2, 0) is 0 Å². The number of aromatic carboxylic acids is 1. The van der Waals surface area contributed by atoms with Crippen LogP contribution in [-0.4, -0.2) is 16.1 Å². The topological polar surface area (TPSA) is 50.2 Å². The fraction of sp³-hybridized carbons (Fsp3) is 0. The average Bonchev–Trinajstić information content (AvgIpc) is 2.29. The van der Waals surface area contributed by atoms with Gasteiger partial charge in [-0.25, -0.2) is 14.2 Å². The standard InChI is InChI=1S/C12H7ClFNO2/c13-11-5-9(10(6-15-11)12(16)17)7-1-3-8(14)4-2-7/h1-6H,(H,16,17). The number of benzene rings is 1. The van der Waals surface area contributed by atoms with Crippen LogP contribution in [0.15, 0.2) is 36.5 Å². The van der Waals surface area contributed by atoms with Gasteiger partial charge in [-0.15, -0.1) is 0 Å². The van der Waals surface area contributed by atoms with Gasteiger partial charge < -0.3 is 5.11 Å². The molecule has 5 heteroatoms. The van der Waals surface area contributed by atoms with E-state index in [4.69, 9.17) is 16.7 Å². The Bertz CT molecular complexity index is 569. The van der Waals surface area contributed by atoms with Crippen molar-refractivity contribution in [3.8, 4) is 11.1 Å². The highest BCUT2D eigenvalue weighted by molar-refractivity contribution is 6.29. The van der Waals surface area contributed by atoms with Crippen LogP contribution >= 0.6 is 11.6 Å². The lowest BCUT2D eigenvalue weighted by atomic mass is 10.0. The summed E-state index contributed by atoms with van der Waals surface area (Å²) in [5.41, 5.74) is 1.02. The first-order valence-corrected chi connectivity index (χ1v) is 5.10. The highest BCUT2D eigenvalue weighted by Gasteiger charge is 2.13. The molecule has 0 saturated carbocycles. The van der Waals surface area contributed by atoms with E-state index in [9.17, 15) is 9.18 Å². The number of carbonyl (C=O) groups is 1. The Kier molecular flexibility index (Phi) is 3.06. The molecule has 0 saturated heterocycles. The number of hydrogen-bond donors (Lipinski definition) is 1. The Morgan fingerprint density at radius 3 is 2.53 bits per heavy atom. The highest BCUT2D eigenvalue weighted by atomic mass is 35.5. The molecule has 1 N–H and O–H groups in total. The Hall–Kier alpha value is -1.94. The third-order valence-electron chi connectivity index (χ3n) is 2.26. The molecule has 1 aromatic heterocycles. The van der Waals surface area contributed by atoms with Crippen LogP contribution < -0.4 is 0 Å². The zero-order valence-electron chi connectivity index (χ0n) is 8.52. The maximum absolute atomic E-state index is 12.8. The molecule has 1 heterocycles. The van der Waals surface area contributed by atoms with Gasteiger partial charge in [0.05, 0.1) is 5.56 Å². The summed E-state index contributed by atoms with van der Waals surface area (Å²) in [4.78, 5) is 14.7. The first-order chi connectivity index (χ1) is 8.08. The normalized spacial score (nSPS) is 10.2. The molecular formula is C12H7ClFNO2. The van der Waals surface area contributed by atoms with Crippen LogP contribution in [0.25, 0.3) is 11.1 Å². The van der Waals surface area contributed by atoms with Crippen molar-refractivity contribution in [2.45, 2.75) is 0 Å². The zero-order chi connectivity index (χ0) is 12.4. The number of pyridine rings is 1. The summed E-state index contributed by atoms with van der Waals surface area (Å²) in [6.07, 6.45) is 1.18.